The summed E-state index contributed by atoms with van der Waals surface area (Å²) in [4.78, 5) is 24.3. The molecule has 1 aliphatic carbocycles. The van der Waals surface area contributed by atoms with Crippen molar-refractivity contribution in [3.63, 3.8) is 0 Å². The van der Waals surface area contributed by atoms with Crippen LogP contribution in [-0.2, 0) is 11.3 Å². The number of amides is 1. The molecule has 1 N–H and O–H groups in total. The Morgan fingerprint density at radius 1 is 1.25 bits per heavy atom. The molecule has 6 nitrogen and oxygen atoms in total. The quantitative estimate of drug-likeness (QED) is 0.741. The maximum Gasteiger partial charge on any atom is 0.414 e. The molecule has 1 amide bonds. The molecule has 0 bridgehead atoms. The van der Waals surface area contributed by atoms with Crippen molar-refractivity contribution >= 4 is 18.3 Å². The summed E-state index contributed by atoms with van der Waals surface area (Å²) in [6.07, 6.45) is 3.24. The number of aliphatic imine (C=N–C) groups is 1. The Hall–Kier alpha value is -2.90. The largest absolute Gasteiger partial charge is 0.444 e. The van der Waals surface area contributed by atoms with Gasteiger partial charge in [0.15, 0.2) is 0 Å². The maximum absolute atomic E-state index is 13.2. The highest BCUT2D eigenvalue weighted by Gasteiger charge is 2.34. The van der Waals surface area contributed by atoms with Crippen LogP contribution in [0.25, 0.3) is 0 Å². The van der Waals surface area contributed by atoms with Gasteiger partial charge in [0.05, 0.1) is 5.69 Å². The molecule has 1 fully saturated rings. The molecule has 8 heteroatoms. The lowest BCUT2D eigenvalue weighted by Crippen LogP contribution is -2.25. The van der Waals surface area contributed by atoms with Gasteiger partial charge in [-0.2, -0.15) is 0 Å². The topological polar surface area (TPSA) is 76.5 Å². The van der Waals surface area contributed by atoms with Crippen LogP contribution < -0.4 is 5.32 Å². The summed E-state index contributed by atoms with van der Waals surface area (Å²) in [6, 6.07) is 11.0. The van der Waals surface area contributed by atoms with Crippen molar-refractivity contribution in [2.24, 2.45) is 10.9 Å². The number of nitrogens with zero attached hydrogens (tertiary/aromatic N) is 3. The number of carbonyl (C=O) groups excluding carboxylic acids is 1. The summed E-state index contributed by atoms with van der Waals surface area (Å²) < 4.78 is 31.5. The number of halogens is 2. The molecule has 0 atom stereocenters. The first-order valence-electron chi connectivity index (χ1n) is 9.19. The molecule has 1 heterocycles. The zero-order valence-electron chi connectivity index (χ0n) is 15.4. The van der Waals surface area contributed by atoms with E-state index in [4.69, 9.17) is 4.74 Å². The van der Waals surface area contributed by atoms with E-state index in [1.807, 2.05) is 30.3 Å². The minimum atomic E-state index is -2.53. The number of ether oxygens (including phenoxy) is 1. The molecule has 28 heavy (non-hydrogen) atoms. The summed E-state index contributed by atoms with van der Waals surface area (Å²) >= 11 is 0. The van der Waals surface area contributed by atoms with Crippen molar-refractivity contribution in [2.45, 2.75) is 38.2 Å². The molecule has 0 unspecified atom stereocenters. The van der Waals surface area contributed by atoms with Gasteiger partial charge in [-0.3, -0.25) is 10.3 Å². The summed E-state index contributed by atoms with van der Waals surface area (Å²) in [5.74, 6) is -2.25. The van der Waals surface area contributed by atoms with E-state index in [2.05, 4.69) is 20.3 Å². The highest BCUT2D eigenvalue weighted by atomic mass is 19.3. The Labute approximate surface area is 162 Å². The second-order valence-electron chi connectivity index (χ2n) is 6.79. The van der Waals surface area contributed by atoms with Crippen LogP contribution in [0.5, 0.6) is 0 Å². The first-order valence-corrected chi connectivity index (χ1v) is 9.19. The standard InChI is InChI=1S/C20H22F2N4O2/c21-20(22)9-6-15(7-10-20)12-23-13-17-8-11-24-18(25-17)26-19(27)28-14-16-4-2-1-3-5-16/h1-5,8,11,13,15H,6-7,9-10,12,14H2,(H,24,25,26,27). The SMILES string of the molecule is O=C(Nc1nccc(C=NCC2CCC(F)(F)CC2)n1)OCc1ccccc1. The fourth-order valence-electron chi connectivity index (χ4n) is 2.93. The molecule has 0 aliphatic heterocycles. The Morgan fingerprint density at radius 2 is 2.00 bits per heavy atom. The van der Waals surface area contributed by atoms with Crippen molar-refractivity contribution in [1.29, 1.82) is 0 Å². The fraction of sp³-hybridized carbons (Fsp3) is 0.400. The molecule has 148 valence electrons. The van der Waals surface area contributed by atoms with E-state index in [0.29, 0.717) is 25.1 Å². The second-order valence-corrected chi connectivity index (χ2v) is 6.79. The van der Waals surface area contributed by atoms with Crippen LogP contribution in [0.2, 0.25) is 0 Å². The van der Waals surface area contributed by atoms with Gasteiger partial charge in [-0.05, 0) is 30.4 Å². The lowest BCUT2D eigenvalue weighted by molar-refractivity contribution is -0.0446. The van der Waals surface area contributed by atoms with E-state index in [9.17, 15) is 13.6 Å². The highest BCUT2D eigenvalue weighted by molar-refractivity contribution is 5.83. The van der Waals surface area contributed by atoms with Crippen LogP contribution >= 0.6 is 0 Å². The molecule has 1 aromatic carbocycles. The van der Waals surface area contributed by atoms with Crippen molar-refractivity contribution < 1.29 is 18.3 Å². The molecule has 1 saturated carbocycles. The molecule has 1 aromatic heterocycles. The van der Waals surface area contributed by atoms with Crippen LogP contribution in [0.15, 0.2) is 47.6 Å². The average Bonchev–Trinajstić information content (AvgIpc) is 2.69. The molecular formula is C20H22F2N4O2. The van der Waals surface area contributed by atoms with Crippen LogP contribution in [-0.4, -0.2) is 34.7 Å². The molecule has 0 radical (unpaired) electrons. The molecule has 0 saturated heterocycles. The number of nitrogens with one attached hydrogen (secondary N) is 1. The number of hydrogen-bond donors (Lipinski definition) is 1. The second kappa shape index (κ2) is 9.34. The van der Waals surface area contributed by atoms with Gasteiger partial charge >= 0.3 is 6.09 Å². The molecular weight excluding hydrogens is 366 g/mol. The Kier molecular flexibility index (Phi) is 6.62. The lowest BCUT2D eigenvalue weighted by atomic mass is 9.87. The van der Waals surface area contributed by atoms with Crippen LogP contribution in [0.3, 0.4) is 0 Å². The Bertz CT molecular complexity index is 805. The van der Waals surface area contributed by atoms with Gasteiger partial charge in [-0.25, -0.2) is 23.5 Å². The number of alkyl halides is 2. The van der Waals surface area contributed by atoms with Gasteiger partial charge in [0.2, 0.25) is 11.9 Å². The summed E-state index contributed by atoms with van der Waals surface area (Å²) in [5.41, 5.74) is 1.40. The van der Waals surface area contributed by atoms with Crippen molar-refractivity contribution in [3.05, 3.63) is 53.9 Å². The van der Waals surface area contributed by atoms with E-state index in [0.717, 1.165) is 5.56 Å². The number of hydrogen-bond acceptors (Lipinski definition) is 5. The number of anilines is 1. The molecule has 1 aliphatic rings. The van der Waals surface area contributed by atoms with Gasteiger partial charge < -0.3 is 4.74 Å². The number of carbonyl (C=O) groups is 1. The third-order valence-electron chi connectivity index (χ3n) is 4.53. The fourth-order valence-corrected chi connectivity index (χ4v) is 2.93. The molecule has 0 spiro atoms. The number of aromatic nitrogens is 2. The molecule has 3 rings (SSSR count). The lowest BCUT2D eigenvalue weighted by Gasteiger charge is -2.26. The van der Waals surface area contributed by atoms with E-state index >= 15 is 0 Å². The number of rotatable bonds is 6. The van der Waals surface area contributed by atoms with Crippen LogP contribution in [0.4, 0.5) is 19.5 Å². The summed E-state index contributed by atoms with van der Waals surface area (Å²) in [6.45, 7) is 0.635. The minimum absolute atomic E-state index is 0.0696. The predicted molar refractivity (Wildman–Crippen MR) is 102 cm³/mol. The van der Waals surface area contributed by atoms with Crippen LogP contribution in [0.1, 0.15) is 36.9 Å². The zero-order chi connectivity index (χ0) is 19.8. The maximum atomic E-state index is 13.2. The minimum Gasteiger partial charge on any atom is -0.444 e. The summed E-state index contributed by atoms with van der Waals surface area (Å²) in [5, 5.41) is 2.47. The van der Waals surface area contributed by atoms with Gasteiger partial charge in [0.1, 0.15) is 6.61 Å². The third-order valence-corrected chi connectivity index (χ3v) is 4.53. The van der Waals surface area contributed by atoms with E-state index in [1.54, 1.807) is 12.3 Å². The van der Waals surface area contributed by atoms with Crippen molar-refractivity contribution in [3.8, 4) is 0 Å². The van der Waals surface area contributed by atoms with Gasteiger partial charge in [-0.1, -0.05) is 30.3 Å². The predicted octanol–water partition coefficient (Wildman–Crippen LogP) is 4.47. The monoisotopic (exact) mass is 388 g/mol. The average molecular weight is 388 g/mol. The first kappa shape index (κ1) is 19.9. The van der Waals surface area contributed by atoms with E-state index < -0.39 is 12.0 Å². The van der Waals surface area contributed by atoms with Gasteiger partial charge in [0.25, 0.3) is 0 Å². The van der Waals surface area contributed by atoms with Crippen LogP contribution in [0, 0.1) is 5.92 Å². The smallest absolute Gasteiger partial charge is 0.414 e. The Balaban J connectivity index is 1.46. The number of benzene rings is 1. The summed E-state index contributed by atoms with van der Waals surface area (Å²) in [7, 11) is 0. The normalized spacial score (nSPS) is 16.8. The highest BCUT2D eigenvalue weighted by Crippen LogP contribution is 2.36. The Morgan fingerprint density at radius 3 is 2.75 bits per heavy atom. The van der Waals surface area contributed by atoms with E-state index in [-0.39, 0.29) is 31.3 Å². The van der Waals surface area contributed by atoms with E-state index in [1.165, 1.54) is 6.20 Å². The first-order chi connectivity index (χ1) is 13.5. The molecule has 2 aromatic rings. The zero-order valence-corrected chi connectivity index (χ0v) is 15.4. The van der Waals surface area contributed by atoms with Gasteiger partial charge in [-0.15, -0.1) is 0 Å². The van der Waals surface area contributed by atoms with Crippen molar-refractivity contribution in [1.82, 2.24) is 9.97 Å². The van der Waals surface area contributed by atoms with Crippen molar-refractivity contribution in [2.75, 3.05) is 11.9 Å². The van der Waals surface area contributed by atoms with Gasteiger partial charge in [0, 0.05) is 31.8 Å². The third kappa shape index (κ3) is 6.37.